The summed E-state index contributed by atoms with van der Waals surface area (Å²) in [5.74, 6) is -1.42. The Morgan fingerprint density at radius 3 is 1.61 bits per heavy atom. The van der Waals surface area contributed by atoms with E-state index in [9.17, 15) is 30.3 Å². The van der Waals surface area contributed by atoms with Gasteiger partial charge in [-0.1, -0.05) is 59.6 Å². The Balaban J connectivity index is 1.18. The fourth-order valence-electron chi connectivity index (χ4n) is 6.87. The molecule has 4 heterocycles. The number of aryl methyl sites for hydroxylation is 1. The number of carboxylic acids is 2. The van der Waals surface area contributed by atoms with E-state index in [1.807, 2.05) is 30.3 Å². The Bertz CT molecular complexity index is 2730. The number of nitrogens with one attached hydrogen (secondary N) is 1. The van der Waals surface area contributed by atoms with Crippen LogP contribution in [-0.2, 0) is 49.0 Å². The number of carbonyl (C=O) groups is 2. The highest BCUT2D eigenvalue weighted by molar-refractivity contribution is 9.10. The highest BCUT2D eigenvalue weighted by Gasteiger charge is 2.20. The number of aliphatic hydroxyl groups is 2. The van der Waals surface area contributed by atoms with Crippen LogP contribution < -0.4 is 24.3 Å². The van der Waals surface area contributed by atoms with Gasteiger partial charge in [0.1, 0.15) is 38.6 Å². The van der Waals surface area contributed by atoms with E-state index in [-0.39, 0.29) is 75.9 Å². The van der Waals surface area contributed by atoms with E-state index in [4.69, 9.17) is 52.4 Å². The summed E-state index contributed by atoms with van der Waals surface area (Å²) in [7, 11) is 0. The summed E-state index contributed by atoms with van der Waals surface area (Å²) in [4.78, 5) is 39.6. The number of rotatable bonds is 25. The number of hydrogen-bond acceptors (Lipinski definition) is 15. The highest BCUT2D eigenvalue weighted by Crippen LogP contribution is 2.39. The van der Waals surface area contributed by atoms with Gasteiger partial charge in [0.2, 0.25) is 23.5 Å². The van der Waals surface area contributed by atoms with Gasteiger partial charge in [-0.25, -0.2) is 0 Å². The number of aliphatic carboxylic acids is 2. The summed E-state index contributed by atoms with van der Waals surface area (Å²) < 4.78 is 25.6. The van der Waals surface area contributed by atoms with Crippen LogP contribution in [0.25, 0.3) is 11.1 Å². The lowest BCUT2D eigenvalue weighted by Crippen LogP contribution is -2.28. The predicted octanol–water partition coefficient (Wildman–Crippen LogP) is 8.91. The van der Waals surface area contributed by atoms with Crippen molar-refractivity contribution in [1.82, 2.24) is 25.3 Å². The monoisotopic (exact) mass is 1120 g/mol. The Labute approximate surface area is 428 Å². The van der Waals surface area contributed by atoms with Crippen molar-refractivity contribution in [1.29, 1.82) is 10.5 Å². The summed E-state index contributed by atoms with van der Waals surface area (Å²) in [5, 5.41) is 60.7. The maximum absolute atomic E-state index is 11.1. The molecule has 0 saturated carbocycles. The second-order valence-electron chi connectivity index (χ2n) is 15.6. The summed E-state index contributed by atoms with van der Waals surface area (Å²) in [5.41, 5.74) is 5.69. The maximum atomic E-state index is 11.1. The third kappa shape index (κ3) is 15.3. The van der Waals surface area contributed by atoms with Crippen LogP contribution in [0.5, 0.6) is 23.5 Å². The molecule has 21 heteroatoms. The van der Waals surface area contributed by atoms with E-state index in [1.165, 1.54) is 12.4 Å². The van der Waals surface area contributed by atoms with E-state index >= 15 is 0 Å². The first kappa shape index (κ1) is 52.9. The zero-order chi connectivity index (χ0) is 50.2. The van der Waals surface area contributed by atoms with Crippen molar-refractivity contribution < 1.29 is 49.0 Å². The molecular weight excluding hydrogens is 1080 g/mol. The van der Waals surface area contributed by atoms with E-state index in [0.29, 0.717) is 87.5 Å². The quantitative estimate of drug-likeness (QED) is 0.0358. The predicted molar refractivity (Wildman–Crippen MR) is 262 cm³/mol. The molecule has 2 atom stereocenters. The normalized spacial score (nSPS) is 11.8. The second-order valence-corrected chi connectivity index (χ2v) is 18.1. The van der Waals surface area contributed by atoms with Crippen molar-refractivity contribution in [3.63, 3.8) is 0 Å². The molecule has 70 heavy (non-hydrogen) atoms. The molecule has 362 valence electrons. The molecule has 0 radical (unpaired) electrons. The van der Waals surface area contributed by atoms with Gasteiger partial charge >= 0.3 is 11.9 Å². The van der Waals surface area contributed by atoms with Crippen molar-refractivity contribution in [2.45, 2.75) is 77.3 Å². The van der Waals surface area contributed by atoms with Crippen LogP contribution in [0.2, 0.25) is 10.0 Å². The molecule has 0 aliphatic heterocycles. The third-order valence-electron chi connectivity index (χ3n) is 10.2. The van der Waals surface area contributed by atoms with Crippen molar-refractivity contribution in [3.05, 3.63) is 149 Å². The van der Waals surface area contributed by atoms with Gasteiger partial charge in [0, 0.05) is 82.4 Å². The number of nitriles is 2. The number of halogens is 4. The van der Waals surface area contributed by atoms with Gasteiger partial charge in [0.25, 0.3) is 0 Å². The van der Waals surface area contributed by atoms with Gasteiger partial charge in [-0.05, 0) is 75.4 Å². The molecule has 5 N–H and O–H groups in total. The standard InChI is InChI=1S/C49H43Br2Cl2N7O10/c50-40-12-32(4-1-7-36(61)14-42(63)64)46(67-24-30-10-28(16-54)18-56-20-30)59-48(40)69-26-33-5-2-8-38(44(33)52)39-9-3-6-34(45(39)53)27-70-49-41(51)13-35(22-58-23-37(62)15-43(65)66)47(60-49)68-25-31-11-29(17-55)19-57-21-31/h2-3,5-6,8-13,18-21,36-37,58,61-62H,1,4,7,14-15,22-27H2,(H,63,64)(H,65,66)/t36-,37+/m1/s1. The van der Waals surface area contributed by atoms with E-state index in [2.05, 4.69) is 63.2 Å². The number of aliphatic hydroxyl groups excluding tert-OH is 2. The molecule has 0 unspecified atom stereocenters. The molecule has 0 bridgehead atoms. The number of aromatic nitrogens is 4. The minimum absolute atomic E-state index is 0.00116. The smallest absolute Gasteiger partial charge is 0.306 e. The first-order valence-electron chi connectivity index (χ1n) is 21.3. The van der Waals surface area contributed by atoms with E-state index in [0.717, 1.165) is 0 Å². The number of pyridine rings is 4. The van der Waals surface area contributed by atoms with Gasteiger partial charge in [-0.2, -0.15) is 20.5 Å². The average Bonchev–Trinajstić information content (AvgIpc) is 3.33. The van der Waals surface area contributed by atoms with Crippen molar-refractivity contribution in [3.8, 4) is 46.8 Å². The molecule has 4 aromatic heterocycles. The molecule has 6 aromatic rings. The second kappa shape index (κ2) is 26.0. The molecule has 0 aliphatic rings. The molecule has 2 aromatic carbocycles. The number of carboxylic acid groups (broad SMARTS) is 2. The van der Waals surface area contributed by atoms with Gasteiger partial charge in [-0.15, -0.1) is 0 Å². The number of nitrogens with zero attached hydrogens (tertiary/aromatic N) is 6. The van der Waals surface area contributed by atoms with Gasteiger partial charge in [-0.3, -0.25) is 19.6 Å². The van der Waals surface area contributed by atoms with Crippen LogP contribution in [0.1, 0.15) is 70.2 Å². The number of hydrogen-bond donors (Lipinski definition) is 5. The van der Waals surface area contributed by atoms with Crippen molar-refractivity contribution in [2.24, 2.45) is 0 Å². The molecule has 0 fully saturated rings. The lowest BCUT2D eigenvalue weighted by molar-refractivity contribution is -0.140. The lowest BCUT2D eigenvalue weighted by Gasteiger charge is -2.17. The Hall–Kier alpha value is -6.42. The SMILES string of the molecule is N#Cc1cncc(COc2nc(OCc3cccc(-c4cccc(COc5nc(OCc6cncc(C#N)c6)c(CNC[C@@H](O)CC(=O)O)cc5Br)c4Cl)c3Cl)c(Br)cc2CCC[C@@H](O)CC(=O)O)c1. The fourth-order valence-corrected chi connectivity index (χ4v) is 8.40. The summed E-state index contributed by atoms with van der Waals surface area (Å²) in [6.45, 7) is 0.190. The van der Waals surface area contributed by atoms with E-state index in [1.54, 1.807) is 48.8 Å². The third-order valence-corrected chi connectivity index (χ3v) is 12.3. The molecular formula is C49H43Br2Cl2N7O10. The van der Waals surface area contributed by atoms with Crippen LogP contribution >= 0.6 is 55.1 Å². The first-order chi connectivity index (χ1) is 33.7. The maximum Gasteiger partial charge on any atom is 0.306 e. The fraction of sp³-hybridized carbons (Fsp3) is 0.265. The van der Waals surface area contributed by atoms with E-state index < -0.39 is 30.6 Å². The number of benzene rings is 2. The van der Waals surface area contributed by atoms with Crippen molar-refractivity contribution >= 4 is 67.0 Å². The van der Waals surface area contributed by atoms with Crippen LogP contribution in [0.3, 0.4) is 0 Å². The topological polar surface area (TPSA) is 263 Å². The first-order valence-corrected chi connectivity index (χ1v) is 23.7. The van der Waals surface area contributed by atoms with Gasteiger partial charge in [0.05, 0.1) is 55.2 Å². The summed E-state index contributed by atoms with van der Waals surface area (Å²) in [6, 6.07) is 21.8. The molecule has 6 rings (SSSR count). The molecule has 0 aliphatic carbocycles. The van der Waals surface area contributed by atoms with Crippen LogP contribution in [-0.4, -0.2) is 71.1 Å². The zero-order valence-electron chi connectivity index (χ0n) is 36.9. The average molecular weight is 1120 g/mol. The Morgan fingerprint density at radius 2 is 1.11 bits per heavy atom. The minimum atomic E-state index is -1.13. The van der Waals surface area contributed by atoms with Crippen LogP contribution in [0.15, 0.2) is 94.4 Å². The molecule has 0 amide bonds. The van der Waals surface area contributed by atoms with Gasteiger partial charge in [0.15, 0.2) is 0 Å². The van der Waals surface area contributed by atoms with Crippen LogP contribution in [0, 0.1) is 22.7 Å². The number of ether oxygens (including phenoxy) is 4. The molecule has 0 saturated heterocycles. The van der Waals surface area contributed by atoms with Gasteiger partial charge < -0.3 is 44.7 Å². The van der Waals surface area contributed by atoms with Crippen LogP contribution in [0.4, 0.5) is 0 Å². The summed E-state index contributed by atoms with van der Waals surface area (Å²) in [6.07, 6.45) is 4.21. The largest absolute Gasteiger partial charge is 0.481 e. The minimum Gasteiger partial charge on any atom is -0.481 e. The summed E-state index contributed by atoms with van der Waals surface area (Å²) >= 11 is 21.2. The lowest BCUT2D eigenvalue weighted by atomic mass is 10.0. The molecule has 17 nitrogen and oxygen atoms in total. The Kier molecular flexibility index (Phi) is 19.6. The highest BCUT2D eigenvalue weighted by atomic mass is 79.9. The van der Waals surface area contributed by atoms with Crippen molar-refractivity contribution in [2.75, 3.05) is 6.54 Å². The Morgan fingerprint density at radius 1 is 0.643 bits per heavy atom. The zero-order valence-corrected chi connectivity index (χ0v) is 41.6. The molecule has 0 spiro atoms.